The number of fused-ring (bicyclic) bond motifs is 1. The minimum atomic E-state index is 0.264. The molecule has 1 unspecified atom stereocenters. The first kappa shape index (κ1) is 12.7. The zero-order chi connectivity index (χ0) is 13.1. The fourth-order valence-electron chi connectivity index (χ4n) is 2.39. The van der Waals surface area contributed by atoms with Crippen LogP contribution >= 0.6 is 11.6 Å². The smallest absolute Gasteiger partial charge is 0.0721 e. The molecule has 1 aliphatic rings. The fraction of sp³-hybridized carbons (Fsp3) is 0.250. The Morgan fingerprint density at radius 3 is 2.74 bits per heavy atom. The van der Waals surface area contributed by atoms with Gasteiger partial charge in [0, 0.05) is 11.6 Å². The Labute approximate surface area is 118 Å². The lowest BCUT2D eigenvalue weighted by atomic mass is 9.99. The van der Waals surface area contributed by atoms with Gasteiger partial charge in [0.25, 0.3) is 0 Å². The first-order chi connectivity index (χ1) is 9.33. The summed E-state index contributed by atoms with van der Waals surface area (Å²) < 4.78 is 5.63. The molecule has 0 fully saturated rings. The Morgan fingerprint density at radius 2 is 1.89 bits per heavy atom. The van der Waals surface area contributed by atoms with Gasteiger partial charge in [-0.15, -0.1) is 0 Å². The van der Waals surface area contributed by atoms with Gasteiger partial charge in [0.15, 0.2) is 0 Å². The van der Waals surface area contributed by atoms with Gasteiger partial charge in [-0.1, -0.05) is 48.0 Å². The highest BCUT2D eigenvalue weighted by molar-refractivity contribution is 6.30. The molecule has 0 aliphatic carbocycles. The van der Waals surface area contributed by atoms with Gasteiger partial charge in [0.05, 0.1) is 19.3 Å². The van der Waals surface area contributed by atoms with Crippen LogP contribution in [0.1, 0.15) is 22.7 Å². The Kier molecular flexibility index (Phi) is 3.83. The zero-order valence-electron chi connectivity index (χ0n) is 10.6. The van der Waals surface area contributed by atoms with Gasteiger partial charge in [-0.25, -0.2) is 0 Å². The Balaban J connectivity index is 1.69. The summed E-state index contributed by atoms with van der Waals surface area (Å²) in [6, 6.07) is 16.7. The predicted octanol–water partition coefficient (Wildman–Crippen LogP) is 3.70. The molecule has 19 heavy (non-hydrogen) atoms. The molecule has 2 aromatic rings. The first-order valence-electron chi connectivity index (χ1n) is 6.46. The Bertz CT molecular complexity index is 553. The van der Waals surface area contributed by atoms with E-state index >= 15 is 0 Å². The lowest BCUT2D eigenvalue weighted by Crippen LogP contribution is -2.29. The number of benzene rings is 2. The predicted molar refractivity (Wildman–Crippen MR) is 77.1 cm³/mol. The average molecular weight is 274 g/mol. The fourth-order valence-corrected chi connectivity index (χ4v) is 2.52. The summed E-state index contributed by atoms with van der Waals surface area (Å²) in [4.78, 5) is 0. The second-order valence-corrected chi connectivity index (χ2v) is 5.21. The molecule has 1 heterocycles. The van der Waals surface area contributed by atoms with Crippen LogP contribution in [0.15, 0.2) is 48.5 Å². The van der Waals surface area contributed by atoms with Crippen molar-refractivity contribution in [3.05, 3.63) is 70.2 Å². The third kappa shape index (κ3) is 2.98. The quantitative estimate of drug-likeness (QED) is 0.921. The lowest BCUT2D eigenvalue weighted by Gasteiger charge is -2.26. The van der Waals surface area contributed by atoms with E-state index in [9.17, 15) is 0 Å². The molecular formula is C16H16ClNO. The lowest BCUT2D eigenvalue weighted by molar-refractivity contribution is 0.0817. The van der Waals surface area contributed by atoms with E-state index in [1.54, 1.807) is 0 Å². The van der Waals surface area contributed by atoms with Crippen molar-refractivity contribution in [2.75, 3.05) is 6.61 Å². The van der Waals surface area contributed by atoms with Gasteiger partial charge in [-0.2, -0.15) is 0 Å². The van der Waals surface area contributed by atoms with E-state index in [0.717, 1.165) is 24.8 Å². The minimum Gasteiger partial charge on any atom is -0.375 e. The summed E-state index contributed by atoms with van der Waals surface area (Å²) in [6.45, 7) is 2.26. The molecular weight excluding hydrogens is 258 g/mol. The number of hydrogen-bond acceptors (Lipinski definition) is 2. The summed E-state index contributed by atoms with van der Waals surface area (Å²) in [5, 5.41) is 4.32. The Hall–Kier alpha value is -1.35. The highest BCUT2D eigenvalue weighted by Crippen LogP contribution is 2.24. The SMILES string of the molecule is Clc1ccc(CNC2COCc3ccccc32)cc1. The molecule has 1 aliphatic heterocycles. The number of halogens is 1. The van der Waals surface area contributed by atoms with Crippen LogP contribution in [0.2, 0.25) is 5.02 Å². The van der Waals surface area contributed by atoms with E-state index < -0.39 is 0 Å². The first-order valence-corrected chi connectivity index (χ1v) is 6.84. The standard InChI is InChI=1S/C16H16ClNO/c17-14-7-5-12(6-8-14)9-18-16-11-19-10-13-3-1-2-4-15(13)16/h1-8,16,18H,9-11H2. The number of nitrogens with one attached hydrogen (secondary N) is 1. The third-order valence-corrected chi connectivity index (χ3v) is 3.69. The summed E-state index contributed by atoms with van der Waals surface area (Å²) in [7, 11) is 0. The maximum atomic E-state index is 5.89. The van der Waals surface area contributed by atoms with Crippen LogP contribution in [0.4, 0.5) is 0 Å². The maximum Gasteiger partial charge on any atom is 0.0721 e. The largest absolute Gasteiger partial charge is 0.375 e. The molecule has 3 heteroatoms. The molecule has 98 valence electrons. The number of rotatable bonds is 3. The van der Waals surface area contributed by atoms with Crippen molar-refractivity contribution in [3.8, 4) is 0 Å². The van der Waals surface area contributed by atoms with E-state index in [2.05, 4.69) is 29.6 Å². The van der Waals surface area contributed by atoms with Gasteiger partial charge in [0.1, 0.15) is 0 Å². The van der Waals surface area contributed by atoms with Gasteiger partial charge >= 0.3 is 0 Å². The topological polar surface area (TPSA) is 21.3 Å². The van der Waals surface area contributed by atoms with Crippen molar-refractivity contribution in [2.24, 2.45) is 0 Å². The van der Waals surface area contributed by atoms with Crippen LogP contribution in [0.3, 0.4) is 0 Å². The van der Waals surface area contributed by atoms with Gasteiger partial charge in [-0.05, 0) is 28.8 Å². The Morgan fingerprint density at radius 1 is 1.11 bits per heavy atom. The van der Waals surface area contributed by atoms with E-state index in [-0.39, 0.29) is 6.04 Å². The molecule has 0 spiro atoms. The third-order valence-electron chi connectivity index (χ3n) is 3.44. The van der Waals surface area contributed by atoms with Crippen molar-refractivity contribution in [1.29, 1.82) is 0 Å². The van der Waals surface area contributed by atoms with Gasteiger partial charge < -0.3 is 10.1 Å². The molecule has 0 saturated carbocycles. The highest BCUT2D eigenvalue weighted by atomic mass is 35.5. The van der Waals surface area contributed by atoms with Crippen molar-refractivity contribution >= 4 is 11.6 Å². The average Bonchev–Trinajstić information content (AvgIpc) is 2.47. The normalized spacial score (nSPS) is 18.1. The number of ether oxygens (including phenoxy) is 1. The van der Waals surface area contributed by atoms with Crippen molar-refractivity contribution in [2.45, 2.75) is 19.2 Å². The second-order valence-electron chi connectivity index (χ2n) is 4.77. The molecule has 0 radical (unpaired) electrons. The second kappa shape index (κ2) is 5.74. The number of hydrogen-bond donors (Lipinski definition) is 1. The molecule has 0 bridgehead atoms. The van der Waals surface area contributed by atoms with Crippen LogP contribution < -0.4 is 5.32 Å². The summed E-state index contributed by atoms with van der Waals surface area (Å²) in [6.07, 6.45) is 0. The van der Waals surface area contributed by atoms with E-state index in [4.69, 9.17) is 16.3 Å². The molecule has 2 aromatic carbocycles. The van der Waals surface area contributed by atoms with Gasteiger partial charge in [-0.3, -0.25) is 0 Å². The maximum absolute atomic E-state index is 5.89. The van der Waals surface area contributed by atoms with Crippen LogP contribution in [0.5, 0.6) is 0 Å². The highest BCUT2D eigenvalue weighted by Gasteiger charge is 2.19. The summed E-state index contributed by atoms with van der Waals surface area (Å²) in [5.41, 5.74) is 3.86. The van der Waals surface area contributed by atoms with E-state index in [1.165, 1.54) is 16.7 Å². The van der Waals surface area contributed by atoms with E-state index in [0.29, 0.717) is 0 Å². The zero-order valence-corrected chi connectivity index (χ0v) is 11.4. The minimum absolute atomic E-state index is 0.264. The molecule has 1 atom stereocenters. The molecule has 0 amide bonds. The monoisotopic (exact) mass is 273 g/mol. The van der Waals surface area contributed by atoms with Crippen molar-refractivity contribution < 1.29 is 4.74 Å². The van der Waals surface area contributed by atoms with Crippen LogP contribution in [-0.4, -0.2) is 6.61 Å². The van der Waals surface area contributed by atoms with Crippen molar-refractivity contribution in [3.63, 3.8) is 0 Å². The van der Waals surface area contributed by atoms with E-state index in [1.807, 2.05) is 24.3 Å². The van der Waals surface area contributed by atoms with Gasteiger partial charge in [0.2, 0.25) is 0 Å². The van der Waals surface area contributed by atoms with Crippen LogP contribution in [0, 0.1) is 0 Å². The van der Waals surface area contributed by atoms with Crippen LogP contribution in [0.25, 0.3) is 0 Å². The molecule has 3 rings (SSSR count). The molecule has 0 aromatic heterocycles. The molecule has 1 N–H and O–H groups in total. The van der Waals surface area contributed by atoms with Crippen LogP contribution in [-0.2, 0) is 17.9 Å². The molecule has 0 saturated heterocycles. The summed E-state index contributed by atoms with van der Waals surface area (Å²) in [5.74, 6) is 0. The summed E-state index contributed by atoms with van der Waals surface area (Å²) >= 11 is 5.89. The van der Waals surface area contributed by atoms with Crippen molar-refractivity contribution in [1.82, 2.24) is 5.32 Å². The molecule has 2 nitrogen and oxygen atoms in total.